The van der Waals surface area contributed by atoms with Crippen LogP contribution in [0.25, 0.3) is 0 Å². The van der Waals surface area contributed by atoms with Crippen LogP contribution in [0.4, 0.5) is 9.59 Å². The minimum atomic E-state index is -0.642. The fraction of sp³-hybridized carbons (Fsp3) is 0.773. The molecule has 19 nitrogen and oxygen atoms in total. The first kappa shape index (κ1) is 62.6. The van der Waals surface area contributed by atoms with E-state index in [9.17, 15) is 28.8 Å². The van der Waals surface area contributed by atoms with Gasteiger partial charge in [0.2, 0.25) is 23.6 Å². The molecule has 0 saturated carbocycles. The van der Waals surface area contributed by atoms with E-state index in [2.05, 4.69) is 111 Å². The third-order valence-corrected chi connectivity index (χ3v) is 10.2. The van der Waals surface area contributed by atoms with Crippen LogP contribution in [0.1, 0.15) is 116 Å². The van der Waals surface area contributed by atoms with Crippen molar-refractivity contribution in [2.45, 2.75) is 116 Å². The van der Waals surface area contributed by atoms with Crippen molar-refractivity contribution in [2.75, 3.05) is 105 Å². The Morgan fingerprint density at radius 3 is 0.896 bits per heavy atom. The number of carbonyl (C=O) groups is 6. The fourth-order valence-electron chi connectivity index (χ4n) is 6.07. The zero-order valence-corrected chi connectivity index (χ0v) is 42.3. The molecule has 0 atom stereocenters. The molecule has 0 bridgehead atoms. The van der Waals surface area contributed by atoms with Crippen LogP contribution in [0.3, 0.4) is 0 Å². The van der Waals surface area contributed by atoms with Crippen molar-refractivity contribution in [3.63, 3.8) is 0 Å². The number of thiocarbonyl (C=S) groups is 4. The Balaban J connectivity index is 4.96. The number of nitrogens with zero attached hydrogens (tertiary/aromatic N) is 6. The quantitative estimate of drug-likeness (QED) is 0.0323. The molecular formula is C44H72N10O9S4. The van der Waals surface area contributed by atoms with Gasteiger partial charge in [-0.25, -0.2) is 29.6 Å². The maximum Gasteiger partial charge on any atom is 0.409 e. The second-order valence-electron chi connectivity index (χ2n) is 15.1. The summed E-state index contributed by atoms with van der Waals surface area (Å²) in [6.07, 6.45) is 11.6. The summed E-state index contributed by atoms with van der Waals surface area (Å²) in [5, 5.41) is 20.7. The molecule has 0 radical (unpaired) electrons. The second kappa shape index (κ2) is 48.1. The van der Waals surface area contributed by atoms with Crippen LogP contribution in [0.2, 0.25) is 0 Å². The summed E-state index contributed by atoms with van der Waals surface area (Å²) < 4.78 is 16.4. The molecule has 0 unspecified atom stereocenters. The SMILES string of the molecule is O=C(CCCCCCN=C=S)NCCN(CCNC(=O)CCCCCN=C=S)C(=O)OCCOCCOC(=O)N(CCNC(=O)CCCCCCN=C=S)CCNC(=O)CCCCCN=C=S. The van der Waals surface area contributed by atoms with Crippen LogP contribution in [-0.2, 0) is 33.4 Å². The third-order valence-electron chi connectivity index (χ3n) is 9.69. The van der Waals surface area contributed by atoms with E-state index in [1.54, 1.807) is 0 Å². The molecule has 0 aliphatic rings. The van der Waals surface area contributed by atoms with E-state index < -0.39 is 12.2 Å². The number of unbranched alkanes of at least 4 members (excludes halogenated alkanes) is 10. The Bertz CT molecular complexity index is 1490. The van der Waals surface area contributed by atoms with Gasteiger partial charge in [-0.05, 0) is 100 Å². The number of isothiocyanates is 4. The van der Waals surface area contributed by atoms with Crippen molar-refractivity contribution in [1.29, 1.82) is 0 Å². The van der Waals surface area contributed by atoms with Gasteiger partial charge in [-0.1, -0.05) is 38.5 Å². The van der Waals surface area contributed by atoms with Crippen LogP contribution < -0.4 is 21.3 Å². The maximum atomic E-state index is 13.1. The van der Waals surface area contributed by atoms with Crippen molar-refractivity contribution in [2.24, 2.45) is 20.0 Å². The highest BCUT2D eigenvalue weighted by Crippen LogP contribution is 2.06. The van der Waals surface area contributed by atoms with Crippen LogP contribution in [0.5, 0.6) is 0 Å². The normalized spacial score (nSPS) is 10.1. The van der Waals surface area contributed by atoms with Crippen molar-refractivity contribution in [1.82, 2.24) is 31.1 Å². The molecule has 23 heteroatoms. The fourth-order valence-corrected chi connectivity index (χ4v) is 6.44. The average Bonchev–Trinajstić information content (AvgIpc) is 3.31. The molecule has 0 heterocycles. The number of hydrogen-bond donors (Lipinski definition) is 4. The summed E-state index contributed by atoms with van der Waals surface area (Å²) in [6.45, 7) is 3.68. The van der Waals surface area contributed by atoms with Gasteiger partial charge in [0.15, 0.2) is 0 Å². The zero-order chi connectivity index (χ0) is 49.3. The Hall–Kier alpha value is -4.42. The Morgan fingerprint density at radius 1 is 0.373 bits per heavy atom. The van der Waals surface area contributed by atoms with E-state index in [1.807, 2.05) is 0 Å². The van der Waals surface area contributed by atoms with Crippen molar-refractivity contribution in [3.05, 3.63) is 0 Å². The topological polar surface area (TPSA) is 234 Å². The maximum absolute atomic E-state index is 13.1. The van der Waals surface area contributed by atoms with E-state index in [-0.39, 0.29) is 102 Å². The number of ether oxygens (including phenoxy) is 3. The van der Waals surface area contributed by atoms with Crippen molar-refractivity contribution >= 4 is 105 Å². The Kier molecular flexibility index (Phi) is 44.9. The lowest BCUT2D eigenvalue weighted by molar-refractivity contribution is -0.122. The first-order chi connectivity index (χ1) is 32.7. The Morgan fingerprint density at radius 2 is 0.627 bits per heavy atom. The molecule has 0 rings (SSSR count). The van der Waals surface area contributed by atoms with Gasteiger partial charge in [0.1, 0.15) is 13.2 Å². The number of aliphatic imine (C=N–C) groups is 4. The number of hydrogen-bond acceptors (Lipinski definition) is 17. The minimum Gasteiger partial charge on any atom is -0.447 e. The van der Waals surface area contributed by atoms with Crippen LogP contribution >= 0.6 is 48.9 Å². The summed E-state index contributed by atoms with van der Waals surface area (Å²) in [5.41, 5.74) is 0. The average molecular weight is 1010 g/mol. The zero-order valence-electron chi connectivity index (χ0n) is 39.0. The molecule has 67 heavy (non-hydrogen) atoms. The lowest BCUT2D eigenvalue weighted by atomic mass is 10.1. The number of carbonyl (C=O) groups excluding carboxylic acids is 6. The second-order valence-corrected chi connectivity index (χ2v) is 15.8. The van der Waals surface area contributed by atoms with Crippen molar-refractivity contribution < 1.29 is 43.0 Å². The largest absolute Gasteiger partial charge is 0.447 e. The molecule has 0 aromatic heterocycles. The third kappa shape index (κ3) is 42.7. The van der Waals surface area contributed by atoms with E-state index in [0.717, 1.165) is 77.0 Å². The van der Waals surface area contributed by atoms with Gasteiger partial charge in [-0.3, -0.25) is 19.2 Å². The Labute approximate surface area is 417 Å². The molecule has 376 valence electrons. The molecule has 0 saturated heterocycles. The highest BCUT2D eigenvalue weighted by Gasteiger charge is 2.18. The van der Waals surface area contributed by atoms with Crippen molar-refractivity contribution in [3.8, 4) is 0 Å². The van der Waals surface area contributed by atoms with E-state index >= 15 is 0 Å². The van der Waals surface area contributed by atoms with E-state index in [1.165, 1.54) is 9.80 Å². The predicted octanol–water partition coefficient (Wildman–Crippen LogP) is 5.78. The standard InChI is InChI=1S/C44H72N10O9S4/c55-39(15-7-1-3-11-19-45-35-64)49-23-27-53(29-25-51-41(57)17-9-5-13-21-47-37-66)43(59)62-33-31-61-32-34-63-44(60)54(30-26-52-42(58)18-10-6-14-22-48-38-67)28-24-50-40(56)16-8-2-4-12-20-46-36-65/h1-34H2,(H,49,55)(H,50,56)(H,51,57)(H,52,58). The van der Waals surface area contributed by atoms with Gasteiger partial charge in [0, 0.05) is 104 Å². The van der Waals surface area contributed by atoms with Gasteiger partial charge in [0.05, 0.1) is 33.9 Å². The van der Waals surface area contributed by atoms with Crippen LogP contribution in [0, 0.1) is 0 Å². The first-order valence-electron chi connectivity index (χ1n) is 23.3. The monoisotopic (exact) mass is 1010 g/mol. The lowest BCUT2D eigenvalue weighted by Crippen LogP contribution is -2.43. The number of nitrogens with one attached hydrogen (secondary N) is 4. The molecule has 0 aromatic carbocycles. The molecule has 0 fully saturated rings. The number of amides is 6. The smallest absolute Gasteiger partial charge is 0.409 e. The summed E-state index contributed by atoms with van der Waals surface area (Å²) >= 11 is 18.3. The van der Waals surface area contributed by atoms with Crippen LogP contribution in [-0.4, -0.2) is 171 Å². The summed E-state index contributed by atoms with van der Waals surface area (Å²) in [5.74, 6) is -0.527. The van der Waals surface area contributed by atoms with E-state index in [4.69, 9.17) is 14.2 Å². The summed E-state index contributed by atoms with van der Waals surface area (Å²) in [6, 6.07) is 0. The van der Waals surface area contributed by atoms with Crippen LogP contribution in [0.15, 0.2) is 20.0 Å². The molecule has 0 aliphatic carbocycles. The summed E-state index contributed by atoms with van der Waals surface area (Å²) in [4.78, 5) is 94.0. The molecule has 0 spiro atoms. The number of rotatable bonds is 44. The lowest BCUT2D eigenvalue weighted by Gasteiger charge is -2.23. The molecule has 4 N–H and O–H groups in total. The molecule has 6 amide bonds. The van der Waals surface area contributed by atoms with Gasteiger partial charge in [0.25, 0.3) is 0 Å². The van der Waals surface area contributed by atoms with Gasteiger partial charge < -0.3 is 45.3 Å². The van der Waals surface area contributed by atoms with Gasteiger partial charge in [-0.15, -0.1) is 0 Å². The molecule has 0 aliphatic heterocycles. The van der Waals surface area contributed by atoms with E-state index in [0.29, 0.717) is 64.7 Å². The molecular weight excluding hydrogens is 941 g/mol. The predicted molar refractivity (Wildman–Crippen MR) is 271 cm³/mol. The highest BCUT2D eigenvalue weighted by atomic mass is 32.1. The minimum absolute atomic E-state index is 0.0146. The van der Waals surface area contributed by atoms with Gasteiger partial charge >= 0.3 is 12.2 Å². The first-order valence-corrected chi connectivity index (χ1v) is 24.9. The summed E-state index contributed by atoms with van der Waals surface area (Å²) in [7, 11) is 0. The highest BCUT2D eigenvalue weighted by molar-refractivity contribution is 7.78. The molecule has 0 aromatic rings. The van der Waals surface area contributed by atoms with Gasteiger partial charge in [-0.2, -0.15) is 0 Å².